The van der Waals surface area contributed by atoms with E-state index in [4.69, 9.17) is 27.1 Å². The van der Waals surface area contributed by atoms with Crippen LogP contribution in [0.1, 0.15) is 29.9 Å². The lowest BCUT2D eigenvalue weighted by molar-refractivity contribution is 0.00203. The van der Waals surface area contributed by atoms with Crippen molar-refractivity contribution >= 4 is 50.7 Å². The largest absolute Gasteiger partial charge is 0.383 e. The third-order valence-corrected chi connectivity index (χ3v) is 6.87. The highest BCUT2D eigenvalue weighted by Crippen LogP contribution is 2.39. The van der Waals surface area contributed by atoms with E-state index < -0.39 is 0 Å². The van der Waals surface area contributed by atoms with Crippen LogP contribution in [0.25, 0.3) is 10.2 Å². The van der Waals surface area contributed by atoms with Crippen LogP contribution in [0.2, 0.25) is 5.02 Å². The number of hydrogen-bond donors (Lipinski definition) is 1. The highest BCUT2D eigenvalue weighted by molar-refractivity contribution is 7.98. The van der Waals surface area contributed by atoms with E-state index in [1.807, 2.05) is 24.3 Å². The molecular weight excluding hydrogens is 386 g/mol. The number of halogens is 1. The van der Waals surface area contributed by atoms with Gasteiger partial charge in [-0.15, -0.1) is 11.3 Å². The SMILES string of the molecule is CC(C)C1Cc2c(sc3nc(SCc4ccc(Cl)cc4)nc(N)c23)CO1. The fourth-order valence-corrected chi connectivity index (χ4v) is 5.23. The van der Waals surface area contributed by atoms with Crippen LogP contribution in [0.5, 0.6) is 0 Å². The van der Waals surface area contributed by atoms with Gasteiger partial charge in [-0.05, 0) is 29.2 Å². The van der Waals surface area contributed by atoms with Crippen LogP contribution in [-0.2, 0) is 23.5 Å². The van der Waals surface area contributed by atoms with Gasteiger partial charge in [-0.25, -0.2) is 9.97 Å². The number of hydrogen-bond acceptors (Lipinski definition) is 6. The van der Waals surface area contributed by atoms with Gasteiger partial charge in [0.15, 0.2) is 5.16 Å². The zero-order chi connectivity index (χ0) is 18.3. The molecule has 1 aliphatic heterocycles. The van der Waals surface area contributed by atoms with Crippen LogP contribution >= 0.6 is 34.7 Å². The van der Waals surface area contributed by atoms with Gasteiger partial charge in [0, 0.05) is 22.1 Å². The fraction of sp³-hybridized carbons (Fsp3) is 0.368. The van der Waals surface area contributed by atoms with Crippen molar-refractivity contribution in [1.29, 1.82) is 0 Å². The predicted molar refractivity (Wildman–Crippen MR) is 110 cm³/mol. The molecule has 0 bridgehead atoms. The smallest absolute Gasteiger partial charge is 0.191 e. The molecule has 0 saturated carbocycles. The van der Waals surface area contributed by atoms with Gasteiger partial charge < -0.3 is 10.5 Å². The van der Waals surface area contributed by atoms with Crippen LogP contribution in [-0.4, -0.2) is 16.1 Å². The number of fused-ring (bicyclic) bond motifs is 3. The van der Waals surface area contributed by atoms with Crippen molar-refractivity contribution in [3.63, 3.8) is 0 Å². The lowest BCUT2D eigenvalue weighted by Gasteiger charge is -2.26. The van der Waals surface area contributed by atoms with Crippen molar-refractivity contribution in [2.75, 3.05) is 5.73 Å². The number of anilines is 1. The zero-order valence-corrected chi connectivity index (χ0v) is 17.0. The number of thioether (sulfide) groups is 1. The average Bonchev–Trinajstić information content (AvgIpc) is 2.99. The summed E-state index contributed by atoms with van der Waals surface area (Å²) in [5, 5.41) is 2.48. The number of thiophene rings is 1. The molecule has 1 unspecified atom stereocenters. The van der Waals surface area contributed by atoms with E-state index in [0.29, 0.717) is 23.5 Å². The van der Waals surface area contributed by atoms with E-state index >= 15 is 0 Å². The van der Waals surface area contributed by atoms with Crippen LogP contribution in [0.15, 0.2) is 29.4 Å². The first-order valence-electron chi connectivity index (χ1n) is 8.58. The summed E-state index contributed by atoms with van der Waals surface area (Å²) in [6.45, 7) is 5.02. The number of rotatable bonds is 4. The third kappa shape index (κ3) is 3.56. The van der Waals surface area contributed by atoms with E-state index in [0.717, 1.165) is 27.4 Å². The minimum atomic E-state index is 0.235. The van der Waals surface area contributed by atoms with Crippen molar-refractivity contribution < 1.29 is 4.74 Å². The van der Waals surface area contributed by atoms with Gasteiger partial charge in [0.2, 0.25) is 0 Å². The normalized spacial score (nSPS) is 17.0. The fourth-order valence-electron chi connectivity index (χ4n) is 3.11. The van der Waals surface area contributed by atoms with Crippen molar-refractivity contribution in [2.45, 2.75) is 43.9 Å². The Balaban J connectivity index is 1.60. The van der Waals surface area contributed by atoms with Crippen LogP contribution in [0.4, 0.5) is 5.82 Å². The van der Waals surface area contributed by atoms with Crippen molar-refractivity contribution in [3.8, 4) is 0 Å². The Labute approximate surface area is 166 Å². The quantitative estimate of drug-likeness (QED) is 0.470. The summed E-state index contributed by atoms with van der Waals surface area (Å²) in [6, 6.07) is 7.83. The second kappa shape index (κ2) is 7.35. The molecule has 0 radical (unpaired) electrons. The van der Waals surface area contributed by atoms with Gasteiger partial charge in [-0.2, -0.15) is 0 Å². The molecule has 0 spiro atoms. The number of ether oxygens (including phenoxy) is 1. The van der Waals surface area contributed by atoms with Crippen LogP contribution in [0, 0.1) is 5.92 Å². The number of nitrogens with two attached hydrogens (primary N) is 1. The van der Waals surface area contributed by atoms with Crippen LogP contribution in [0.3, 0.4) is 0 Å². The van der Waals surface area contributed by atoms with Gasteiger partial charge >= 0.3 is 0 Å². The summed E-state index contributed by atoms with van der Waals surface area (Å²) in [6.07, 6.45) is 1.12. The Hall–Kier alpha value is -1.34. The summed E-state index contributed by atoms with van der Waals surface area (Å²) in [7, 11) is 0. The van der Waals surface area contributed by atoms with E-state index in [2.05, 4.69) is 18.8 Å². The number of aromatic nitrogens is 2. The van der Waals surface area contributed by atoms with E-state index in [9.17, 15) is 0 Å². The molecule has 1 aliphatic rings. The molecule has 2 N–H and O–H groups in total. The summed E-state index contributed by atoms with van der Waals surface area (Å²) >= 11 is 9.21. The number of nitrogens with zero attached hydrogens (tertiary/aromatic N) is 2. The molecule has 136 valence electrons. The van der Waals surface area contributed by atoms with Crippen molar-refractivity contribution in [3.05, 3.63) is 45.3 Å². The molecule has 4 rings (SSSR count). The van der Waals surface area contributed by atoms with Crippen molar-refractivity contribution in [2.24, 2.45) is 5.92 Å². The molecule has 4 nitrogen and oxygen atoms in total. The second-order valence-corrected chi connectivity index (χ2v) is 9.25. The Bertz CT molecular complexity index is 940. The van der Waals surface area contributed by atoms with E-state index in [-0.39, 0.29) is 6.10 Å². The van der Waals surface area contributed by atoms with E-state index in [1.165, 1.54) is 16.0 Å². The maximum atomic E-state index is 6.32. The Kier molecular flexibility index (Phi) is 5.10. The molecule has 7 heteroatoms. The second-order valence-electron chi connectivity index (χ2n) is 6.79. The Morgan fingerprint density at radius 3 is 2.81 bits per heavy atom. The molecule has 1 atom stereocenters. The third-order valence-electron chi connectivity index (χ3n) is 4.60. The van der Waals surface area contributed by atoms with Gasteiger partial charge in [0.25, 0.3) is 0 Å². The van der Waals surface area contributed by atoms with Gasteiger partial charge in [-0.1, -0.05) is 49.3 Å². The lowest BCUT2D eigenvalue weighted by atomic mass is 9.96. The highest BCUT2D eigenvalue weighted by Gasteiger charge is 2.27. The monoisotopic (exact) mass is 405 g/mol. The lowest BCUT2D eigenvalue weighted by Crippen LogP contribution is -2.26. The average molecular weight is 406 g/mol. The summed E-state index contributed by atoms with van der Waals surface area (Å²) in [5.41, 5.74) is 8.78. The molecule has 0 fully saturated rings. The number of benzene rings is 1. The summed E-state index contributed by atoms with van der Waals surface area (Å²) < 4.78 is 5.99. The summed E-state index contributed by atoms with van der Waals surface area (Å²) in [4.78, 5) is 11.5. The topological polar surface area (TPSA) is 61.0 Å². The molecule has 0 aliphatic carbocycles. The maximum absolute atomic E-state index is 6.32. The first kappa shape index (κ1) is 18.0. The molecule has 0 saturated heterocycles. The zero-order valence-electron chi connectivity index (χ0n) is 14.7. The van der Waals surface area contributed by atoms with Crippen LogP contribution < -0.4 is 5.73 Å². The van der Waals surface area contributed by atoms with Gasteiger partial charge in [-0.3, -0.25) is 0 Å². The van der Waals surface area contributed by atoms with Gasteiger partial charge in [0.1, 0.15) is 10.6 Å². The molecule has 2 aromatic heterocycles. The Morgan fingerprint density at radius 1 is 1.31 bits per heavy atom. The minimum Gasteiger partial charge on any atom is -0.383 e. The molecule has 0 amide bonds. The van der Waals surface area contributed by atoms with Crippen molar-refractivity contribution in [1.82, 2.24) is 9.97 Å². The molecule has 3 heterocycles. The highest BCUT2D eigenvalue weighted by atomic mass is 35.5. The minimum absolute atomic E-state index is 0.235. The van der Waals surface area contributed by atoms with E-state index in [1.54, 1.807) is 23.1 Å². The predicted octanol–water partition coefficient (Wildman–Crippen LogP) is 5.32. The molecular formula is C19H20ClN3OS2. The van der Waals surface area contributed by atoms with Gasteiger partial charge in [0.05, 0.1) is 18.1 Å². The molecule has 26 heavy (non-hydrogen) atoms. The first-order chi connectivity index (χ1) is 12.5. The molecule has 1 aromatic carbocycles. The maximum Gasteiger partial charge on any atom is 0.191 e. The molecule has 3 aromatic rings. The standard InChI is InChI=1S/C19H20ClN3OS2/c1-10(2)14-7-13-15(8-24-14)26-18-16(13)17(21)22-19(23-18)25-9-11-3-5-12(20)6-4-11/h3-6,10,14H,7-9H2,1-2H3,(H2,21,22,23). The number of nitrogen functional groups attached to an aromatic ring is 1. The summed E-state index contributed by atoms with van der Waals surface area (Å²) in [5.74, 6) is 1.84. The Morgan fingerprint density at radius 2 is 2.08 bits per heavy atom. The first-order valence-corrected chi connectivity index (χ1v) is 10.8.